The third-order valence-electron chi connectivity index (χ3n) is 1.16. The zero-order valence-electron chi connectivity index (χ0n) is 6.26. The summed E-state index contributed by atoms with van der Waals surface area (Å²) in [4.78, 5) is 0. The first-order chi connectivity index (χ1) is 4.86. The Bertz CT molecular complexity index is 267. The summed E-state index contributed by atoms with van der Waals surface area (Å²) in [5, 5.41) is 8.38. The molecule has 0 heterocycles. The van der Waals surface area contributed by atoms with Crippen molar-refractivity contribution in [3.8, 4) is 12.0 Å². The van der Waals surface area contributed by atoms with Gasteiger partial charge in [0.15, 0.2) is 0 Å². The van der Waals surface area contributed by atoms with Crippen molar-refractivity contribution >= 4 is 0 Å². The summed E-state index contributed by atoms with van der Waals surface area (Å²) in [5.41, 5.74) is 1.30. The van der Waals surface area contributed by atoms with Crippen molar-refractivity contribution in [1.29, 1.82) is 5.26 Å². The molecule has 0 aliphatic heterocycles. The summed E-state index contributed by atoms with van der Waals surface area (Å²) in [6.07, 6.45) is 6.74. The number of nitriles is 1. The standard InChI is InChI=1S/C9H4N.Li/c1-2-8-3-5-9(7-10)6-4-8;/h3-6H;/q-1;+1. The van der Waals surface area contributed by atoms with E-state index in [0.717, 1.165) is 0 Å². The molecule has 0 atom stereocenters. The topological polar surface area (TPSA) is 23.8 Å². The SMILES string of the molecule is [C-]#Cc1ccc(C#N)cc1.[Li+]. The summed E-state index contributed by atoms with van der Waals surface area (Å²) in [5.74, 6) is 2.22. The van der Waals surface area contributed by atoms with Crippen molar-refractivity contribution < 1.29 is 18.9 Å². The number of benzene rings is 1. The van der Waals surface area contributed by atoms with Crippen LogP contribution in [0.5, 0.6) is 0 Å². The Balaban J connectivity index is 0.000001000. The largest absolute Gasteiger partial charge is 1.00 e. The van der Waals surface area contributed by atoms with Crippen LogP contribution in [0.1, 0.15) is 11.1 Å². The Labute approximate surface area is 78.2 Å². The van der Waals surface area contributed by atoms with Crippen LogP contribution in [0.25, 0.3) is 0 Å². The molecule has 0 aliphatic carbocycles. The van der Waals surface area contributed by atoms with Gasteiger partial charge in [0.05, 0.1) is 6.07 Å². The molecule has 2 heteroatoms. The van der Waals surface area contributed by atoms with Gasteiger partial charge in [-0.25, -0.2) is 0 Å². The monoisotopic (exact) mass is 133 g/mol. The third kappa shape index (κ3) is 2.53. The first-order valence-electron chi connectivity index (χ1n) is 2.79. The van der Waals surface area contributed by atoms with Gasteiger partial charge in [0, 0.05) is 5.56 Å². The van der Waals surface area contributed by atoms with Crippen LogP contribution in [-0.2, 0) is 0 Å². The number of hydrogen-bond acceptors (Lipinski definition) is 1. The summed E-state index contributed by atoms with van der Waals surface area (Å²) >= 11 is 0. The minimum absolute atomic E-state index is 0. The van der Waals surface area contributed by atoms with Gasteiger partial charge >= 0.3 is 18.9 Å². The number of rotatable bonds is 0. The van der Waals surface area contributed by atoms with E-state index in [1.165, 1.54) is 0 Å². The molecule has 0 bridgehead atoms. The predicted molar refractivity (Wildman–Crippen MR) is 37.4 cm³/mol. The van der Waals surface area contributed by atoms with Crippen LogP contribution < -0.4 is 18.9 Å². The van der Waals surface area contributed by atoms with Gasteiger partial charge in [-0.05, 0) is 0 Å². The molecule has 0 fully saturated rings. The molecule has 0 amide bonds. The van der Waals surface area contributed by atoms with Crippen LogP contribution in [0, 0.1) is 23.7 Å². The fourth-order valence-electron chi connectivity index (χ4n) is 0.628. The Hall–Kier alpha value is -1.13. The molecule has 0 aromatic heterocycles. The summed E-state index contributed by atoms with van der Waals surface area (Å²) in [6, 6.07) is 8.69. The van der Waals surface area contributed by atoms with Crippen LogP contribution in [0.4, 0.5) is 0 Å². The van der Waals surface area contributed by atoms with E-state index < -0.39 is 0 Å². The molecular weight excluding hydrogens is 129 g/mol. The molecule has 46 valence electrons. The molecule has 0 N–H and O–H groups in total. The molecule has 0 radical (unpaired) electrons. The normalized spacial score (nSPS) is 7.09. The van der Waals surface area contributed by atoms with Crippen molar-refractivity contribution in [1.82, 2.24) is 0 Å². The average molecular weight is 133 g/mol. The summed E-state index contributed by atoms with van der Waals surface area (Å²) < 4.78 is 0. The fourth-order valence-corrected chi connectivity index (χ4v) is 0.628. The minimum Gasteiger partial charge on any atom is -0.366 e. The van der Waals surface area contributed by atoms with E-state index in [2.05, 4.69) is 5.92 Å². The maximum Gasteiger partial charge on any atom is 1.00 e. The van der Waals surface area contributed by atoms with E-state index >= 15 is 0 Å². The van der Waals surface area contributed by atoms with Crippen LogP contribution >= 0.6 is 0 Å². The van der Waals surface area contributed by atoms with Crippen molar-refractivity contribution in [2.45, 2.75) is 0 Å². The van der Waals surface area contributed by atoms with Gasteiger partial charge in [-0.2, -0.15) is 5.26 Å². The molecule has 0 spiro atoms. The predicted octanol–water partition coefficient (Wildman–Crippen LogP) is -1.50. The van der Waals surface area contributed by atoms with Crippen LogP contribution in [0.15, 0.2) is 24.3 Å². The van der Waals surface area contributed by atoms with Crippen molar-refractivity contribution in [3.63, 3.8) is 0 Å². The van der Waals surface area contributed by atoms with Crippen LogP contribution in [0.2, 0.25) is 0 Å². The Kier molecular flexibility index (Phi) is 4.17. The maximum absolute atomic E-state index is 8.38. The quantitative estimate of drug-likeness (QED) is 0.240. The van der Waals surface area contributed by atoms with Crippen molar-refractivity contribution in [2.75, 3.05) is 0 Å². The second-order valence-corrected chi connectivity index (χ2v) is 1.81. The van der Waals surface area contributed by atoms with E-state index in [0.29, 0.717) is 11.1 Å². The molecule has 0 unspecified atom stereocenters. The molecule has 1 nitrogen and oxygen atoms in total. The van der Waals surface area contributed by atoms with Crippen LogP contribution in [0.3, 0.4) is 0 Å². The molecule has 1 aromatic carbocycles. The van der Waals surface area contributed by atoms with Gasteiger partial charge in [-0.1, -0.05) is 12.1 Å². The molecule has 1 rings (SSSR count). The fraction of sp³-hybridized carbons (Fsp3) is 0. The van der Waals surface area contributed by atoms with Gasteiger partial charge in [0.1, 0.15) is 0 Å². The molecule has 1 aromatic rings. The molecule has 0 aliphatic rings. The van der Waals surface area contributed by atoms with E-state index in [1.807, 2.05) is 6.07 Å². The summed E-state index contributed by atoms with van der Waals surface area (Å²) in [6.45, 7) is 0. The van der Waals surface area contributed by atoms with E-state index in [4.69, 9.17) is 11.7 Å². The van der Waals surface area contributed by atoms with Gasteiger partial charge in [-0.3, -0.25) is 5.92 Å². The van der Waals surface area contributed by atoms with Crippen molar-refractivity contribution in [2.24, 2.45) is 0 Å². The first kappa shape index (κ1) is 9.87. The smallest absolute Gasteiger partial charge is 0.366 e. The number of hydrogen-bond donors (Lipinski definition) is 0. The van der Waals surface area contributed by atoms with Gasteiger partial charge in [-0.15, -0.1) is 17.7 Å². The summed E-state index contributed by atoms with van der Waals surface area (Å²) in [7, 11) is 0. The second-order valence-electron chi connectivity index (χ2n) is 1.81. The molecule has 0 saturated carbocycles. The zero-order valence-corrected chi connectivity index (χ0v) is 6.26. The number of nitrogens with zero attached hydrogens (tertiary/aromatic N) is 1. The molecular formula is C9H4LiN. The van der Waals surface area contributed by atoms with Gasteiger partial charge in [0.25, 0.3) is 0 Å². The Morgan fingerprint density at radius 1 is 1.09 bits per heavy atom. The third-order valence-corrected chi connectivity index (χ3v) is 1.16. The zero-order chi connectivity index (χ0) is 7.40. The first-order valence-corrected chi connectivity index (χ1v) is 2.79. The van der Waals surface area contributed by atoms with E-state index in [9.17, 15) is 0 Å². The average Bonchev–Trinajstić information content (AvgIpc) is 2.05. The van der Waals surface area contributed by atoms with Crippen molar-refractivity contribution in [3.05, 3.63) is 41.8 Å². The minimum atomic E-state index is 0. The van der Waals surface area contributed by atoms with Gasteiger partial charge < -0.3 is 6.42 Å². The molecule has 0 saturated heterocycles. The van der Waals surface area contributed by atoms with Crippen LogP contribution in [-0.4, -0.2) is 0 Å². The second kappa shape index (κ2) is 4.65. The maximum atomic E-state index is 8.38. The van der Waals surface area contributed by atoms with E-state index in [1.54, 1.807) is 24.3 Å². The Morgan fingerprint density at radius 3 is 1.91 bits per heavy atom. The van der Waals surface area contributed by atoms with Gasteiger partial charge in [0.2, 0.25) is 0 Å². The molecule has 11 heavy (non-hydrogen) atoms. The Morgan fingerprint density at radius 2 is 1.55 bits per heavy atom. The van der Waals surface area contributed by atoms with E-state index in [-0.39, 0.29) is 18.9 Å².